The van der Waals surface area contributed by atoms with Gasteiger partial charge in [-0.15, -0.1) is 0 Å². The minimum atomic E-state index is -2.06. The van der Waals surface area contributed by atoms with Gasteiger partial charge in [-0.05, 0) is 33.7 Å². The molecule has 0 radical (unpaired) electrons. The van der Waals surface area contributed by atoms with E-state index in [1.807, 2.05) is 0 Å². The summed E-state index contributed by atoms with van der Waals surface area (Å²) >= 11 is 0. The van der Waals surface area contributed by atoms with Crippen molar-refractivity contribution in [3.63, 3.8) is 0 Å². The molecular weight excluding hydrogens is 354 g/mol. The van der Waals surface area contributed by atoms with Crippen LogP contribution in [0.15, 0.2) is 24.3 Å². The minimum Gasteiger partial charge on any atom is -0.203 e. The molecule has 0 aromatic heterocycles. The Kier molecular flexibility index (Phi) is 2.81. The predicted octanol–water partition coefficient (Wildman–Crippen LogP) is 3.38. The van der Waals surface area contributed by atoms with E-state index in [1.165, 1.54) is 0 Å². The Balaban J connectivity index is 2.18. The molecule has 0 aliphatic heterocycles. The number of halogens is 6. The van der Waals surface area contributed by atoms with Gasteiger partial charge in [-0.2, -0.15) is 0 Å². The summed E-state index contributed by atoms with van der Waals surface area (Å²) in [5.41, 5.74) is 0.212. The van der Waals surface area contributed by atoms with Gasteiger partial charge >= 0.3 is 0 Å². The molecule has 128 valence electrons. The van der Waals surface area contributed by atoms with Crippen LogP contribution in [0.3, 0.4) is 0 Å². The van der Waals surface area contributed by atoms with Crippen LogP contribution in [0.5, 0.6) is 0 Å². The lowest BCUT2D eigenvalue weighted by Gasteiger charge is -2.03. The molecule has 0 atom stereocenters. The largest absolute Gasteiger partial charge is 0.203 e. The molecule has 0 bridgehead atoms. The van der Waals surface area contributed by atoms with Gasteiger partial charge in [0.1, 0.15) is 0 Å². The van der Waals surface area contributed by atoms with Crippen LogP contribution in [0, 0.1) is 55.8 Å². The summed E-state index contributed by atoms with van der Waals surface area (Å²) in [5, 5.41) is -1.04. The second kappa shape index (κ2) is 4.78. The van der Waals surface area contributed by atoms with Crippen molar-refractivity contribution < 1.29 is 26.3 Å². The zero-order valence-electron chi connectivity index (χ0n) is 12.7. The highest BCUT2D eigenvalue weighted by Gasteiger charge is 2.26. The zero-order valence-corrected chi connectivity index (χ0v) is 12.7. The third-order valence-electron chi connectivity index (χ3n) is 4.83. The first-order valence-electron chi connectivity index (χ1n) is 7.62. The molecule has 0 saturated carbocycles. The lowest BCUT2D eigenvalue weighted by Crippen LogP contribution is -2.15. The van der Waals surface area contributed by atoms with E-state index in [0.29, 0.717) is 10.4 Å². The molecule has 3 aromatic rings. The molecule has 5 rings (SSSR count). The van der Waals surface area contributed by atoms with Crippen molar-refractivity contribution in [2.24, 2.45) is 0 Å². The van der Waals surface area contributed by atoms with Crippen molar-refractivity contribution in [2.75, 3.05) is 0 Å². The lowest BCUT2D eigenvalue weighted by atomic mass is 10.0. The van der Waals surface area contributed by atoms with Crippen molar-refractivity contribution in [1.82, 2.24) is 0 Å². The van der Waals surface area contributed by atoms with E-state index < -0.39 is 50.6 Å². The van der Waals surface area contributed by atoms with Crippen LogP contribution in [0.25, 0.3) is 12.2 Å². The second-order valence-electron chi connectivity index (χ2n) is 6.13. The summed E-state index contributed by atoms with van der Waals surface area (Å²) in [7, 11) is 0. The first-order chi connectivity index (χ1) is 12.4. The fourth-order valence-corrected chi connectivity index (χ4v) is 3.71. The number of fused-ring (bicyclic) bond motifs is 5. The molecule has 2 aliphatic carbocycles. The van der Waals surface area contributed by atoms with Crippen LogP contribution in [0.1, 0.15) is 11.1 Å². The molecule has 0 nitrogen and oxygen atoms in total. The van der Waals surface area contributed by atoms with Gasteiger partial charge in [-0.25, -0.2) is 26.3 Å². The van der Waals surface area contributed by atoms with Crippen LogP contribution in [-0.2, 0) is 0 Å². The van der Waals surface area contributed by atoms with Gasteiger partial charge in [0.2, 0.25) is 0 Å². The summed E-state index contributed by atoms with van der Waals surface area (Å²) in [6.07, 6.45) is 2.58. The highest BCUT2D eigenvalue weighted by Crippen LogP contribution is 2.28. The molecule has 0 saturated heterocycles. The molecule has 0 heterocycles. The van der Waals surface area contributed by atoms with Gasteiger partial charge < -0.3 is 0 Å². The van der Waals surface area contributed by atoms with Crippen molar-refractivity contribution in [3.05, 3.63) is 102 Å². The fraction of sp³-hybridized carbons (Fsp3) is 0. The normalized spacial score (nSPS) is 12.8. The van der Waals surface area contributed by atoms with E-state index in [9.17, 15) is 26.3 Å². The molecule has 6 heteroatoms. The number of hydrogen-bond donors (Lipinski definition) is 0. The summed E-state index contributed by atoms with van der Waals surface area (Å²) in [6, 6.07) is 6.63. The third kappa shape index (κ3) is 1.62. The first-order valence-corrected chi connectivity index (χ1v) is 7.62. The Morgan fingerprint density at radius 1 is 0.500 bits per heavy atom. The maximum Gasteiger partial charge on any atom is 0.198 e. The summed E-state index contributed by atoms with van der Waals surface area (Å²) in [4.78, 5) is 0. The highest BCUT2D eigenvalue weighted by molar-refractivity contribution is 5.71. The Bertz CT molecular complexity index is 1490. The Hall–Kier alpha value is -3.02. The van der Waals surface area contributed by atoms with Crippen molar-refractivity contribution in [2.45, 2.75) is 0 Å². The predicted molar refractivity (Wildman–Crippen MR) is 80.8 cm³/mol. The summed E-state index contributed by atoms with van der Waals surface area (Å²) in [5.74, 6) is -10.1. The monoisotopic (exact) mass is 360 g/mol. The van der Waals surface area contributed by atoms with Crippen LogP contribution >= 0.6 is 0 Å². The van der Waals surface area contributed by atoms with E-state index in [4.69, 9.17) is 0 Å². The Morgan fingerprint density at radius 3 is 1.85 bits per heavy atom. The second-order valence-corrected chi connectivity index (χ2v) is 6.13. The standard InChI is InChI=1S/C20H6F6/c21-15-11-6-10-9-5-7-3-1-2-4-8(7)12(9)16(22)17(23)13(10)14(11)18(24)20(26)19(15)25/h1-6H. The van der Waals surface area contributed by atoms with Crippen molar-refractivity contribution in [1.29, 1.82) is 0 Å². The van der Waals surface area contributed by atoms with Gasteiger partial charge in [0.05, 0.1) is 0 Å². The molecule has 0 N–H and O–H groups in total. The van der Waals surface area contributed by atoms with E-state index in [0.717, 1.165) is 6.08 Å². The van der Waals surface area contributed by atoms with E-state index in [2.05, 4.69) is 0 Å². The summed E-state index contributed by atoms with van der Waals surface area (Å²) < 4.78 is 85.1. The van der Waals surface area contributed by atoms with E-state index in [1.54, 1.807) is 30.3 Å². The number of benzene rings is 3. The molecule has 2 aliphatic rings. The molecular formula is C20H6F6. The Labute approximate surface area is 140 Å². The van der Waals surface area contributed by atoms with Crippen molar-refractivity contribution in [3.8, 4) is 0 Å². The van der Waals surface area contributed by atoms with Crippen LogP contribution < -0.4 is 10.4 Å². The molecule has 0 amide bonds. The fourth-order valence-electron chi connectivity index (χ4n) is 3.71. The lowest BCUT2D eigenvalue weighted by molar-refractivity contribution is 0.402. The third-order valence-corrected chi connectivity index (χ3v) is 4.83. The van der Waals surface area contributed by atoms with Gasteiger partial charge in [-0.3, -0.25) is 0 Å². The smallest absolute Gasteiger partial charge is 0.198 e. The molecule has 0 fully saturated rings. The topological polar surface area (TPSA) is 0 Å². The van der Waals surface area contributed by atoms with E-state index in [-0.39, 0.29) is 16.3 Å². The van der Waals surface area contributed by atoms with E-state index >= 15 is 0 Å². The van der Waals surface area contributed by atoms with Crippen LogP contribution in [0.4, 0.5) is 26.3 Å². The maximum absolute atomic E-state index is 14.8. The molecule has 0 spiro atoms. The number of hydrogen-bond acceptors (Lipinski definition) is 0. The molecule has 3 aromatic carbocycles. The highest BCUT2D eigenvalue weighted by atomic mass is 19.2. The average Bonchev–Trinajstić information content (AvgIpc) is 3.22. The van der Waals surface area contributed by atoms with Gasteiger partial charge in [0.25, 0.3) is 0 Å². The SMILES string of the molecule is Fc1c(F)c(F)c2c(c1F)=Cc1c3c(c(F)c(F)c1=2)=c1ccccc1=C3. The van der Waals surface area contributed by atoms with Gasteiger partial charge in [-0.1, -0.05) is 24.3 Å². The van der Waals surface area contributed by atoms with Crippen LogP contribution in [0.2, 0.25) is 0 Å². The Morgan fingerprint density at radius 2 is 1.08 bits per heavy atom. The van der Waals surface area contributed by atoms with Gasteiger partial charge in [0, 0.05) is 20.9 Å². The zero-order chi connectivity index (χ0) is 18.3. The molecule has 0 unspecified atom stereocenters. The maximum atomic E-state index is 14.8. The van der Waals surface area contributed by atoms with Crippen molar-refractivity contribution >= 4 is 12.2 Å². The molecule has 26 heavy (non-hydrogen) atoms. The van der Waals surface area contributed by atoms with Gasteiger partial charge in [0.15, 0.2) is 34.9 Å². The van der Waals surface area contributed by atoms with Crippen LogP contribution in [-0.4, -0.2) is 0 Å². The summed E-state index contributed by atoms with van der Waals surface area (Å²) in [6.45, 7) is 0. The minimum absolute atomic E-state index is 0.00657. The quantitative estimate of drug-likeness (QED) is 0.226. The first kappa shape index (κ1) is 15.3. The number of rotatable bonds is 0. The average molecular weight is 360 g/mol.